The van der Waals surface area contributed by atoms with E-state index in [9.17, 15) is 4.79 Å². The molecular weight excluding hydrogens is 164 g/mol. The molecule has 0 aliphatic rings. The Morgan fingerprint density at radius 1 is 1.62 bits per heavy atom. The number of rotatable bonds is 3. The minimum absolute atomic E-state index is 0.182. The lowest BCUT2D eigenvalue weighted by Crippen LogP contribution is -2.21. The topological polar surface area (TPSA) is 45.8 Å². The van der Waals surface area contributed by atoms with Gasteiger partial charge >= 0.3 is 0 Å². The molecule has 1 heterocycles. The van der Waals surface area contributed by atoms with Gasteiger partial charge in [0.2, 0.25) is 0 Å². The monoisotopic (exact) mass is 176 g/mol. The summed E-state index contributed by atoms with van der Waals surface area (Å²) < 4.78 is 1.59. The normalized spacial score (nSPS) is 9.54. The molecule has 0 amide bonds. The van der Waals surface area contributed by atoms with Crippen molar-refractivity contribution in [2.45, 2.75) is 26.3 Å². The standard InChI is InChI=1S/C10H12N2O/c1-2-3-6-12-7-4-5-9(8-11)10(12)13/h4-5,7H,2-3,6H2,1H3. The van der Waals surface area contributed by atoms with Crippen LogP contribution in [0.3, 0.4) is 0 Å². The van der Waals surface area contributed by atoms with Crippen LogP contribution in [0.25, 0.3) is 0 Å². The van der Waals surface area contributed by atoms with Crippen LogP contribution >= 0.6 is 0 Å². The van der Waals surface area contributed by atoms with E-state index in [4.69, 9.17) is 5.26 Å². The summed E-state index contributed by atoms with van der Waals surface area (Å²) in [6.45, 7) is 2.77. The van der Waals surface area contributed by atoms with Crippen LogP contribution in [-0.2, 0) is 6.54 Å². The van der Waals surface area contributed by atoms with Crippen molar-refractivity contribution in [3.63, 3.8) is 0 Å². The maximum Gasteiger partial charge on any atom is 0.268 e. The van der Waals surface area contributed by atoms with Crippen molar-refractivity contribution < 1.29 is 0 Å². The predicted molar refractivity (Wildman–Crippen MR) is 50.3 cm³/mol. The van der Waals surface area contributed by atoms with Crippen LogP contribution in [-0.4, -0.2) is 4.57 Å². The summed E-state index contributed by atoms with van der Waals surface area (Å²) in [6.07, 6.45) is 3.73. The average molecular weight is 176 g/mol. The van der Waals surface area contributed by atoms with Crippen molar-refractivity contribution in [2.75, 3.05) is 0 Å². The second kappa shape index (κ2) is 4.46. The molecule has 0 aromatic carbocycles. The predicted octanol–water partition coefficient (Wildman–Crippen LogP) is 1.52. The molecule has 0 saturated heterocycles. The van der Waals surface area contributed by atoms with E-state index in [0.717, 1.165) is 12.8 Å². The maximum atomic E-state index is 11.4. The van der Waals surface area contributed by atoms with Gasteiger partial charge in [0.05, 0.1) is 0 Å². The van der Waals surface area contributed by atoms with Gasteiger partial charge in [-0.2, -0.15) is 5.26 Å². The van der Waals surface area contributed by atoms with Crippen molar-refractivity contribution >= 4 is 0 Å². The fourth-order valence-electron chi connectivity index (χ4n) is 1.13. The first-order valence-electron chi connectivity index (χ1n) is 4.39. The molecular formula is C10H12N2O. The first-order chi connectivity index (χ1) is 6.29. The lowest BCUT2D eigenvalue weighted by molar-refractivity contribution is 0.612. The molecule has 3 heteroatoms. The second-order valence-electron chi connectivity index (χ2n) is 2.89. The van der Waals surface area contributed by atoms with Gasteiger partial charge < -0.3 is 4.57 Å². The minimum atomic E-state index is -0.182. The molecule has 0 N–H and O–H groups in total. The fourth-order valence-corrected chi connectivity index (χ4v) is 1.13. The van der Waals surface area contributed by atoms with Crippen molar-refractivity contribution in [2.24, 2.45) is 0 Å². The number of nitrogens with zero attached hydrogens (tertiary/aromatic N) is 2. The zero-order valence-electron chi connectivity index (χ0n) is 7.66. The Morgan fingerprint density at radius 2 is 2.38 bits per heavy atom. The third-order valence-electron chi connectivity index (χ3n) is 1.89. The number of unbranched alkanes of at least 4 members (excludes halogenated alkanes) is 1. The molecule has 68 valence electrons. The second-order valence-corrected chi connectivity index (χ2v) is 2.89. The van der Waals surface area contributed by atoms with Crippen LogP contribution in [0, 0.1) is 11.3 Å². The molecule has 3 nitrogen and oxygen atoms in total. The van der Waals surface area contributed by atoms with Gasteiger partial charge in [-0.25, -0.2) is 0 Å². The quantitative estimate of drug-likeness (QED) is 0.701. The van der Waals surface area contributed by atoms with Gasteiger partial charge in [0.1, 0.15) is 11.6 Å². The molecule has 0 bridgehead atoms. The summed E-state index contributed by atoms with van der Waals surface area (Å²) in [4.78, 5) is 11.4. The van der Waals surface area contributed by atoms with E-state index in [1.807, 2.05) is 6.07 Å². The van der Waals surface area contributed by atoms with Gasteiger partial charge in [-0.15, -0.1) is 0 Å². The van der Waals surface area contributed by atoms with E-state index in [1.54, 1.807) is 22.9 Å². The van der Waals surface area contributed by atoms with Crippen molar-refractivity contribution in [3.05, 3.63) is 34.2 Å². The zero-order valence-corrected chi connectivity index (χ0v) is 7.66. The Labute approximate surface area is 77.2 Å². The van der Waals surface area contributed by atoms with E-state index in [1.165, 1.54) is 0 Å². The van der Waals surface area contributed by atoms with Gasteiger partial charge in [-0.1, -0.05) is 13.3 Å². The van der Waals surface area contributed by atoms with E-state index >= 15 is 0 Å². The van der Waals surface area contributed by atoms with Crippen LogP contribution in [0.5, 0.6) is 0 Å². The third kappa shape index (κ3) is 2.19. The third-order valence-corrected chi connectivity index (χ3v) is 1.89. The summed E-state index contributed by atoms with van der Waals surface area (Å²) in [5.41, 5.74) is 0.0389. The number of aryl methyl sites for hydroxylation is 1. The Morgan fingerprint density at radius 3 is 3.00 bits per heavy atom. The fraction of sp³-hybridized carbons (Fsp3) is 0.400. The van der Waals surface area contributed by atoms with Crippen molar-refractivity contribution in [1.29, 1.82) is 5.26 Å². The molecule has 0 atom stereocenters. The Balaban J connectivity index is 2.97. The summed E-state index contributed by atoms with van der Waals surface area (Å²) >= 11 is 0. The molecule has 0 radical (unpaired) electrons. The highest BCUT2D eigenvalue weighted by atomic mass is 16.1. The molecule has 0 spiro atoms. The average Bonchev–Trinajstić information content (AvgIpc) is 2.16. The first-order valence-corrected chi connectivity index (χ1v) is 4.39. The van der Waals surface area contributed by atoms with Crippen LogP contribution in [0.1, 0.15) is 25.3 Å². The van der Waals surface area contributed by atoms with Gasteiger partial charge in [0.25, 0.3) is 5.56 Å². The molecule has 0 fully saturated rings. The van der Waals surface area contributed by atoms with Crippen molar-refractivity contribution in [1.82, 2.24) is 4.57 Å². The number of pyridine rings is 1. The first kappa shape index (κ1) is 9.53. The lowest BCUT2D eigenvalue weighted by atomic mass is 10.3. The van der Waals surface area contributed by atoms with Crippen LogP contribution in [0.2, 0.25) is 0 Å². The van der Waals surface area contributed by atoms with Crippen molar-refractivity contribution in [3.8, 4) is 6.07 Å². The van der Waals surface area contributed by atoms with Gasteiger partial charge in [-0.05, 0) is 18.6 Å². The van der Waals surface area contributed by atoms with E-state index in [0.29, 0.717) is 6.54 Å². The zero-order chi connectivity index (χ0) is 9.68. The van der Waals surface area contributed by atoms with E-state index < -0.39 is 0 Å². The molecule has 13 heavy (non-hydrogen) atoms. The summed E-state index contributed by atoms with van der Waals surface area (Å²) in [7, 11) is 0. The van der Waals surface area contributed by atoms with Gasteiger partial charge in [0.15, 0.2) is 0 Å². The summed E-state index contributed by atoms with van der Waals surface area (Å²) in [5, 5.41) is 8.60. The number of aromatic nitrogens is 1. The number of hydrogen-bond donors (Lipinski definition) is 0. The maximum absolute atomic E-state index is 11.4. The number of nitriles is 1. The minimum Gasteiger partial charge on any atom is -0.314 e. The van der Waals surface area contributed by atoms with Crippen LogP contribution in [0.15, 0.2) is 23.1 Å². The lowest BCUT2D eigenvalue weighted by Gasteiger charge is -2.03. The summed E-state index contributed by atoms with van der Waals surface area (Å²) in [5.74, 6) is 0. The highest BCUT2D eigenvalue weighted by Gasteiger charge is 2.00. The molecule has 0 unspecified atom stereocenters. The molecule has 1 rings (SSSR count). The summed E-state index contributed by atoms with van der Waals surface area (Å²) in [6, 6.07) is 5.16. The van der Waals surface area contributed by atoms with Gasteiger partial charge in [0, 0.05) is 12.7 Å². The Kier molecular flexibility index (Phi) is 3.27. The largest absolute Gasteiger partial charge is 0.314 e. The molecule has 0 aliphatic carbocycles. The van der Waals surface area contributed by atoms with E-state index in [2.05, 4.69) is 6.92 Å². The number of hydrogen-bond acceptors (Lipinski definition) is 2. The highest BCUT2D eigenvalue weighted by molar-refractivity contribution is 5.24. The van der Waals surface area contributed by atoms with Crippen LogP contribution in [0.4, 0.5) is 0 Å². The molecule has 1 aromatic rings. The molecule has 0 aliphatic heterocycles. The van der Waals surface area contributed by atoms with Gasteiger partial charge in [-0.3, -0.25) is 4.79 Å². The molecule has 1 aromatic heterocycles. The van der Waals surface area contributed by atoms with E-state index in [-0.39, 0.29) is 11.1 Å². The van der Waals surface area contributed by atoms with Crippen LogP contribution < -0.4 is 5.56 Å². The molecule has 0 saturated carbocycles. The Bertz CT molecular complexity index is 373. The highest BCUT2D eigenvalue weighted by Crippen LogP contribution is 1.93. The SMILES string of the molecule is CCCCn1cccc(C#N)c1=O. The smallest absolute Gasteiger partial charge is 0.268 e. The Hall–Kier alpha value is -1.56.